The van der Waals surface area contributed by atoms with E-state index in [9.17, 15) is 8.42 Å². The Morgan fingerprint density at radius 1 is 1.38 bits per heavy atom. The lowest BCUT2D eigenvalue weighted by Crippen LogP contribution is -1.96. The molecule has 0 aromatic heterocycles. The summed E-state index contributed by atoms with van der Waals surface area (Å²) < 4.78 is 32.1. The summed E-state index contributed by atoms with van der Waals surface area (Å²) in [6.45, 7) is 2.09. The molecular formula is C8H14O4S. The maximum Gasteiger partial charge on any atom is 0.445 e. The van der Waals surface area contributed by atoms with Crippen molar-refractivity contribution in [3.05, 3.63) is 24.5 Å². The summed E-state index contributed by atoms with van der Waals surface area (Å²) in [5, 5.41) is 0. The SMILES string of the molecule is CCCCC=CC=COS(=O)(=O)O. The maximum atomic E-state index is 10.0. The fourth-order valence-corrected chi connectivity index (χ4v) is 0.849. The summed E-state index contributed by atoms with van der Waals surface area (Å²) in [6, 6.07) is 0. The molecule has 0 aliphatic heterocycles. The topological polar surface area (TPSA) is 63.6 Å². The first-order chi connectivity index (χ1) is 6.06. The van der Waals surface area contributed by atoms with E-state index in [1.807, 2.05) is 6.08 Å². The molecule has 1 N–H and O–H groups in total. The van der Waals surface area contributed by atoms with Crippen molar-refractivity contribution in [2.75, 3.05) is 0 Å². The van der Waals surface area contributed by atoms with Gasteiger partial charge < -0.3 is 4.18 Å². The van der Waals surface area contributed by atoms with Crippen LogP contribution in [0.25, 0.3) is 0 Å². The number of hydrogen-bond donors (Lipinski definition) is 1. The van der Waals surface area contributed by atoms with Crippen LogP contribution in [0.3, 0.4) is 0 Å². The van der Waals surface area contributed by atoms with Gasteiger partial charge in [0.25, 0.3) is 0 Å². The number of rotatable bonds is 6. The van der Waals surface area contributed by atoms with Crippen LogP contribution in [0.4, 0.5) is 0 Å². The van der Waals surface area contributed by atoms with Gasteiger partial charge in [0.2, 0.25) is 0 Å². The van der Waals surface area contributed by atoms with Gasteiger partial charge in [0.1, 0.15) is 6.26 Å². The van der Waals surface area contributed by atoms with Crippen LogP contribution in [0.5, 0.6) is 0 Å². The zero-order valence-electron chi connectivity index (χ0n) is 7.51. The van der Waals surface area contributed by atoms with Crippen molar-refractivity contribution in [2.24, 2.45) is 0 Å². The predicted octanol–water partition coefficient (Wildman–Crippen LogP) is 2.07. The highest BCUT2D eigenvalue weighted by atomic mass is 32.3. The molecule has 76 valence electrons. The van der Waals surface area contributed by atoms with E-state index >= 15 is 0 Å². The Kier molecular flexibility index (Phi) is 6.26. The second-order valence-electron chi connectivity index (χ2n) is 2.42. The van der Waals surface area contributed by atoms with E-state index in [0.29, 0.717) is 0 Å². The smallest absolute Gasteiger partial charge is 0.370 e. The van der Waals surface area contributed by atoms with Crippen LogP contribution in [0.1, 0.15) is 26.2 Å². The van der Waals surface area contributed by atoms with Crippen LogP contribution >= 0.6 is 0 Å². The van der Waals surface area contributed by atoms with E-state index in [2.05, 4.69) is 11.1 Å². The Hall–Kier alpha value is -0.810. The van der Waals surface area contributed by atoms with Gasteiger partial charge in [-0.3, -0.25) is 4.55 Å². The van der Waals surface area contributed by atoms with Crippen LogP contribution in [0.15, 0.2) is 24.5 Å². The van der Waals surface area contributed by atoms with Gasteiger partial charge >= 0.3 is 10.4 Å². The van der Waals surface area contributed by atoms with Crippen molar-refractivity contribution in [1.82, 2.24) is 0 Å². The highest BCUT2D eigenvalue weighted by Gasteiger charge is 1.97. The fourth-order valence-electron chi connectivity index (χ4n) is 0.644. The van der Waals surface area contributed by atoms with Gasteiger partial charge in [0, 0.05) is 0 Å². The maximum absolute atomic E-state index is 10.0. The largest absolute Gasteiger partial charge is 0.445 e. The highest BCUT2D eigenvalue weighted by molar-refractivity contribution is 7.81. The normalized spacial score (nSPS) is 12.8. The Morgan fingerprint density at radius 3 is 2.62 bits per heavy atom. The standard InChI is InChI=1S/C8H14O4S/c1-2-3-4-5-6-7-8-12-13(9,10)11/h5-8H,2-4H2,1H3,(H,9,10,11). The third kappa shape index (κ3) is 11.2. The molecule has 0 atom stereocenters. The monoisotopic (exact) mass is 206 g/mol. The molecule has 13 heavy (non-hydrogen) atoms. The quantitative estimate of drug-likeness (QED) is 0.313. The van der Waals surface area contributed by atoms with E-state index in [1.54, 1.807) is 6.08 Å². The molecule has 0 amide bonds. The van der Waals surface area contributed by atoms with Crippen molar-refractivity contribution < 1.29 is 17.2 Å². The Balaban J connectivity index is 3.58. The lowest BCUT2D eigenvalue weighted by Gasteiger charge is -1.90. The molecule has 0 spiro atoms. The molecule has 0 unspecified atom stereocenters. The van der Waals surface area contributed by atoms with E-state index in [4.69, 9.17) is 4.55 Å². The van der Waals surface area contributed by atoms with Gasteiger partial charge in [-0.05, 0) is 12.5 Å². The third-order valence-corrected chi connectivity index (χ3v) is 1.58. The van der Waals surface area contributed by atoms with Gasteiger partial charge in [-0.2, -0.15) is 8.42 Å². The van der Waals surface area contributed by atoms with Gasteiger partial charge in [0.05, 0.1) is 0 Å². The minimum Gasteiger partial charge on any atom is -0.370 e. The molecule has 0 rings (SSSR count). The number of hydrogen-bond acceptors (Lipinski definition) is 3. The number of allylic oxidation sites excluding steroid dienone is 3. The minimum absolute atomic E-state index is 0.914. The lowest BCUT2D eigenvalue weighted by atomic mass is 10.2. The van der Waals surface area contributed by atoms with Crippen LogP contribution in [-0.2, 0) is 14.6 Å². The fraction of sp³-hybridized carbons (Fsp3) is 0.500. The van der Waals surface area contributed by atoms with E-state index in [1.165, 1.54) is 6.08 Å². The molecule has 0 saturated carbocycles. The van der Waals surface area contributed by atoms with E-state index in [-0.39, 0.29) is 0 Å². The zero-order chi connectivity index (χ0) is 10.2. The molecule has 5 heteroatoms. The van der Waals surface area contributed by atoms with Gasteiger partial charge in [-0.1, -0.05) is 31.9 Å². The van der Waals surface area contributed by atoms with Crippen molar-refractivity contribution >= 4 is 10.4 Å². The Bertz CT molecular complexity index is 264. The van der Waals surface area contributed by atoms with Crippen molar-refractivity contribution in [3.8, 4) is 0 Å². The van der Waals surface area contributed by atoms with Crippen LogP contribution in [0, 0.1) is 0 Å². The average molecular weight is 206 g/mol. The molecular weight excluding hydrogens is 192 g/mol. The van der Waals surface area contributed by atoms with Crippen LogP contribution in [-0.4, -0.2) is 13.0 Å². The Morgan fingerprint density at radius 2 is 2.08 bits per heavy atom. The van der Waals surface area contributed by atoms with Crippen LogP contribution in [0.2, 0.25) is 0 Å². The van der Waals surface area contributed by atoms with Gasteiger partial charge in [-0.25, -0.2) is 0 Å². The summed E-state index contributed by atoms with van der Waals surface area (Å²) in [6.07, 6.45) is 9.06. The second-order valence-corrected chi connectivity index (χ2v) is 3.47. The molecule has 0 aromatic rings. The second kappa shape index (κ2) is 6.68. The van der Waals surface area contributed by atoms with Crippen molar-refractivity contribution in [1.29, 1.82) is 0 Å². The van der Waals surface area contributed by atoms with Crippen molar-refractivity contribution in [2.45, 2.75) is 26.2 Å². The van der Waals surface area contributed by atoms with Crippen LogP contribution < -0.4 is 0 Å². The molecule has 0 aliphatic carbocycles. The lowest BCUT2D eigenvalue weighted by molar-refractivity contribution is 0.356. The first kappa shape index (κ1) is 12.2. The minimum atomic E-state index is -4.34. The van der Waals surface area contributed by atoms with Crippen molar-refractivity contribution in [3.63, 3.8) is 0 Å². The summed E-state index contributed by atoms with van der Waals surface area (Å²) in [5.41, 5.74) is 0. The molecule has 4 nitrogen and oxygen atoms in total. The molecule has 0 heterocycles. The van der Waals surface area contributed by atoms with E-state index in [0.717, 1.165) is 25.5 Å². The molecule has 0 bridgehead atoms. The summed E-state index contributed by atoms with van der Waals surface area (Å²) in [4.78, 5) is 0. The number of unbranched alkanes of at least 4 members (excludes halogenated alkanes) is 2. The Labute approximate surface area is 78.9 Å². The molecule has 0 aromatic carbocycles. The summed E-state index contributed by atoms with van der Waals surface area (Å²) >= 11 is 0. The first-order valence-corrected chi connectivity index (χ1v) is 5.40. The molecule has 0 radical (unpaired) electrons. The van der Waals surface area contributed by atoms with E-state index < -0.39 is 10.4 Å². The predicted molar refractivity (Wildman–Crippen MR) is 50.4 cm³/mol. The average Bonchev–Trinajstić information content (AvgIpc) is 2.01. The van der Waals surface area contributed by atoms with Gasteiger partial charge in [0.15, 0.2) is 0 Å². The molecule has 0 fully saturated rings. The first-order valence-electron chi connectivity index (χ1n) is 4.03. The third-order valence-electron chi connectivity index (χ3n) is 1.23. The molecule has 0 saturated heterocycles. The highest BCUT2D eigenvalue weighted by Crippen LogP contribution is 1.95. The molecule has 0 aliphatic rings. The summed E-state index contributed by atoms with van der Waals surface area (Å²) in [7, 11) is -4.34. The zero-order valence-corrected chi connectivity index (χ0v) is 8.33. The van der Waals surface area contributed by atoms with Gasteiger partial charge in [-0.15, -0.1) is 0 Å². The summed E-state index contributed by atoms with van der Waals surface area (Å²) in [5.74, 6) is 0.